The van der Waals surface area contributed by atoms with E-state index in [0.717, 1.165) is 110 Å². The largest absolute Gasteiger partial charge is 0.395 e. The van der Waals surface area contributed by atoms with Gasteiger partial charge in [-0.2, -0.15) is 0 Å². The highest BCUT2D eigenvalue weighted by molar-refractivity contribution is 4.88. The summed E-state index contributed by atoms with van der Waals surface area (Å²) in [7, 11) is 2.14. The van der Waals surface area contributed by atoms with E-state index in [-0.39, 0.29) is 6.61 Å². The fourth-order valence-electron chi connectivity index (χ4n) is 16.1. The molecule has 11 rings (SSSR count). The number of nitrogens with two attached hydrogens (primary N) is 8. The molecule has 11 fully saturated rings. The molecule has 10 aliphatic heterocycles. The predicted molar refractivity (Wildman–Crippen MR) is 400 cm³/mol. The maximum atomic E-state index is 8.66. The van der Waals surface area contributed by atoms with Crippen LogP contribution in [0.25, 0.3) is 0 Å². The molecule has 0 radical (unpaired) electrons. The molecule has 0 bridgehead atoms. The topological polar surface area (TPSA) is 311 Å². The molecule has 22 N–H and O–H groups in total. The van der Waals surface area contributed by atoms with E-state index in [4.69, 9.17) is 51.0 Å². The molecule has 21 nitrogen and oxygen atoms in total. The molecule has 10 atom stereocenters. The third-order valence-electron chi connectivity index (χ3n) is 22.2. The van der Waals surface area contributed by atoms with Gasteiger partial charge in [0.1, 0.15) is 0 Å². The van der Waals surface area contributed by atoms with Crippen LogP contribution in [0.5, 0.6) is 0 Å². The number of aliphatic hydroxyl groups excluding tert-OH is 1. The van der Waals surface area contributed by atoms with Crippen LogP contribution < -0.4 is 72.5 Å². The molecule has 0 aromatic heterocycles. The van der Waals surface area contributed by atoms with Gasteiger partial charge in [0.25, 0.3) is 0 Å². The summed E-state index contributed by atoms with van der Waals surface area (Å²) in [5.74, 6) is 0. The van der Waals surface area contributed by atoms with Crippen molar-refractivity contribution >= 4 is 0 Å². The highest BCUT2D eigenvalue weighted by Gasteiger charge is 2.31. The van der Waals surface area contributed by atoms with Gasteiger partial charge in [-0.25, -0.2) is 0 Å². The average Bonchev–Trinajstić information content (AvgIpc) is 2.27. The van der Waals surface area contributed by atoms with Crippen LogP contribution in [0.3, 0.4) is 0 Å². The molecule has 10 heterocycles. The number of likely N-dealkylation sites (N-methyl/N-ethyl adjacent to an activating group) is 4. The van der Waals surface area contributed by atoms with E-state index >= 15 is 0 Å². The van der Waals surface area contributed by atoms with E-state index in [1.54, 1.807) is 0 Å². The number of hydrogen-bond donors (Lipinski definition) is 14. The maximum Gasteiger partial charge on any atom is 0.0558 e. The number of likely N-dealkylation sites (tertiary alicyclic amines) is 7. The van der Waals surface area contributed by atoms with Gasteiger partial charge in [-0.05, 0) is 266 Å². The van der Waals surface area contributed by atoms with Gasteiger partial charge in [-0.3, -0.25) is 29.4 Å². The Bertz CT molecular complexity index is 1530. The average molecular weight is 1320 g/mol. The molecule has 0 aromatic carbocycles. The number of nitrogens with one attached hydrogen (secondary N) is 5. The van der Waals surface area contributed by atoms with Gasteiger partial charge in [0.2, 0.25) is 0 Å². The Labute approximate surface area is 573 Å². The van der Waals surface area contributed by atoms with Gasteiger partial charge < -0.3 is 82.5 Å². The lowest BCUT2D eigenvalue weighted by atomic mass is 9.94. The molecule has 93 heavy (non-hydrogen) atoms. The quantitative estimate of drug-likeness (QED) is 0.0583. The summed E-state index contributed by atoms with van der Waals surface area (Å²) in [6.45, 7) is 38.2. The van der Waals surface area contributed by atoms with Crippen LogP contribution in [0.15, 0.2) is 0 Å². The maximum absolute atomic E-state index is 8.66. The Hall–Kier alpha value is -0.840. The van der Waals surface area contributed by atoms with Gasteiger partial charge in [-0.15, -0.1) is 0 Å². The molecular weight excluding hydrogens is 1160 g/mol. The zero-order chi connectivity index (χ0) is 67.5. The predicted octanol–water partition coefficient (Wildman–Crippen LogP) is 3.44. The minimum absolute atomic E-state index is 0.260. The monoisotopic (exact) mass is 1320 g/mol. The van der Waals surface area contributed by atoms with E-state index in [0.29, 0.717) is 48.3 Å². The minimum Gasteiger partial charge on any atom is -0.395 e. The first-order valence-electron chi connectivity index (χ1n) is 39.5. The number of rotatable bonds is 25. The van der Waals surface area contributed by atoms with E-state index in [1.807, 2.05) is 0 Å². The van der Waals surface area contributed by atoms with E-state index in [2.05, 4.69) is 95.6 Å². The third-order valence-corrected chi connectivity index (χ3v) is 22.2. The molecule has 1 saturated carbocycles. The van der Waals surface area contributed by atoms with Crippen LogP contribution in [-0.2, 0) is 0 Å². The number of aliphatic hydroxyl groups is 1. The first kappa shape index (κ1) is 86.4. The Balaban J connectivity index is 0.000000276. The van der Waals surface area contributed by atoms with Crippen molar-refractivity contribution < 1.29 is 5.11 Å². The highest BCUT2D eigenvalue weighted by atomic mass is 16.3. The van der Waals surface area contributed by atoms with Crippen molar-refractivity contribution in [2.75, 3.05) is 190 Å². The molecule has 1 aliphatic carbocycles. The van der Waals surface area contributed by atoms with Crippen LogP contribution in [-0.4, -0.2) is 296 Å². The molecule has 0 spiro atoms. The van der Waals surface area contributed by atoms with Crippen LogP contribution in [0, 0.1) is 0 Å². The number of nitrogens with zero attached hydrogens (tertiary/aromatic N) is 7. The van der Waals surface area contributed by atoms with Crippen molar-refractivity contribution in [2.24, 2.45) is 45.9 Å². The van der Waals surface area contributed by atoms with Gasteiger partial charge in [0.05, 0.1) is 6.61 Å². The fourth-order valence-corrected chi connectivity index (χ4v) is 16.1. The first-order valence-corrected chi connectivity index (χ1v) is 39.5. The van der Waals surface area contributed by atoms with E-state index in [9.17, 15) is 0 Å². The van der Waals surface area contributed by atoms with Crippen molar-refractivity contribution in [1.29, 1.82) is 0 Å². The lowest BCUT2D eigenvalue weighted by Gasteiger charge is -2.35. The molecule has 11 aliphatic rings. The van der Waals surface area contributed by atoms with Crippen molar-refractivity contribution in [3.63, 3.8) is 0 Å². The van der Waals surface area contributed by atoms with Gasteiger partial charge in [0, 0.05) is 138 Å². The molecule has 0 amide bonds. The molecule has 554 valence electrons. The Morgan fingerprint density at radius 3 is 1.04 bits per heavy atom. The van der Waals surface area contributed by atoms with E-state index < -0.39 is 0 Å². The third kappa shape index (κ3) is 36.4. The van der Waals surface area contributed by atoms with Crippen molar-refractivity contribution in [3.05, 3.63) is 0 Å². The lowest BCUT2D eigenvalue weighted by molar-refractivity contribution is 0.145. The van der Waals surface area contributed by atoms with Crippen LogP contribution in [0.1, 0.15) is 207 Å². The first-order chi connectivity index (χ1) is 45.5. The number of unbranched alkanes of at least 4 members (excludes halogenated alkanes) is 1. The summed E-state index contributed by atoms with van der Waals surface area (Å²) in [5.41, 5.74) is 44.5. The van der Waals surface area contributed by atoms with Crippen molar-refractivity contribution in [3.8, 4) is 0 Å². The van der Waals surface area contributed by atoms with Crippen LogP contribution in [0.4, 0.5) is 0 Å². The zero-order valence-corrected chi connectivity index (χ0v) is 61.6. The molecule has 0 aromatic rings. The second kappa shape index (κ2) is 56.9. The number of β-amino-alcohol motifs (C(OH)–C–C–N with tert-alkyl or cyclic N) is 1. The number of hydrogen-bond acceptors (Lipinski definition) is 21. The second-order valence-electron chi connectivity index (χ2n) is 28.6. The van der Waals surface area contributed by atoms with Crippen LogP contribution >= 0.6 is 0 Å². The summed E-state index contributed by atoms with van der Waals surface area (Å²) < 4.78 is 0. The molecule has 10 saturated heterocycles. The fraction of sp³-hybridized carbons (Fsp3) is 1.00. The molecule has 6 unspecified atom stereocenters. The summed E-state index contributed by atoms with van der Waals surface area (Å²) in [4.78, 5) is 17.2. The SMILES string of the molecule is C(CNCC1CCCN1)CNC[C@@H]1CCCN1.CCCCN1CCCC1CN.CCN1CCCC1CN.CCN1CCC[C@@H]1CN.CCN1CCC[C@H]1CN.CN1CCCC1CN.NCC1CCCN1C1CCCCC1.NCC1CCCN1CCO.NC[C@@H]1CCCN1. The van der Waals surface area contributed by atoms with Gasteiger partial charge >= 0.3 is 0 Å². The molecular formula is C72H160N20O. The summed E-state index contributed by atoms with van der Waals surface area (Å²) in [6.07, 6.45) is 37.5. The zero-order valence-electron chi connectivity index (χ0n) is 61.6. The Morgan fingerprint density at radius 2 is 0.720 bits per heavy atom. The minimum atomic E-state index is 0.260. The standard InChI is InChI=1S/C13H28N4.C11H22N2.C9H20N2.C7H16N2O.3C7H16N2.C6H14N2.C5H12N2/c1-4-12(16-8-1)10-14-6-3-7-15-11-13-5-2-9-17-13;12-9-11-7-4-8-13(11)10-5-2-1-3-6-10;1-2-3-6-11-7-4-5-9(11)8-10;8-6-7-2-1-3-9(7)4-5-10;3*1-2-9-5-3-4-7(9)6-8;1-8-4-2-3-6(8)5-7;6-4-5-2-1-3-7-5/h12-17H,1-11H2;10-11H,1-9,12H2;9H,2-8,10H2,1H3;7,10H,1-6,8H2;3*7H,2-6,8H2,1H3;6H,2-5,7H2,1H3;5,7H,1-4,6H2/t12-,13?;;;;2*7-;;;5-/m0...10..0/s1. The van der Waals surface area contributed by atoms with Crippen molar-refractivity contribution in [2.45, 2.75) is 274 Å². The van der Waals surface area contributed by atoms with Crippen LogP contribution in [0.2, 0.25) is 0 Å². The smallest absolute Gasteiger partial charge is 0.0558 e. The van der Waals surface area contributed by atoms with E-state index in [1.165, 1.54) is 265 Å². The Kier molecular flexibility index (Phi) is 52.8. The van der Waals surface area contributed by atoms with Crippen molar-refractivity contribution in [1.82, 2.24) is 60.9 Å². The van der Waals surface area contributed by atoms with Gasteiger partial charge in [-0.1, -0.05) is 53.4 Å². The van der Waals surface area contributed by atoms with Gasteiger partial charge in [0.15, 0.2) is 0 Å². The summed E-state index contributed by atoms with van der Waals surface area (Å²) >= 11 is 0. The second-order valence-corrected chi connectivity index (χ2v) is 28.6. The summed E-state index contributed by atoms with van der Waals surface area (Å²) in [6, 6.07) is 7.65. The highest BCUT2D eigenvalue weighted by Crippen LogP contribution is 2.29. The normalized spacial score (nSPS) is 29.5. The summed E-state index contributed by atoms with van der Waals surface area (Å²) in [5, 5.41) is 26.0. The lowest BCUT2D eigenvalue weighted by Crippen LogP contribution is -2.43. The Morgan fingerprint density at radius 1 is 0.355 bits per heavy atom. The molecule has 21 heteroatoms.